The molecule has 6 nitrogen and oxygen atoms in total. The Bertz CT molecular complexity index is 757. The minimum atomic E-state index is -0.244. The van der Waals surface area contributed by atoms with Crippen LogP contribution in [0.15, 0.2) is 34.8 Å². The van der Waals surface area contributed by atoms with Crippen molar-refractivity contribution in [2.45, 2.75) is 19.8 Å². The molecule has 1 saturated heterocycles. The number of aromatic nitrogens is 2. The average Bonchev–Trinajstić information content (AvgIpc) is 3.12. The van der Waals surface area contributed by atoms with Crippen molar-refractivity contribution in [3.8, 4) is 11.3 Å². The van der Waals surface area contributed by atoms with E-state index in [4.69, 9.17) is 4.74 Å². The third kappa shape index (κ3) is 4.10. The molecule has 25 heavy (non-hydrogen) atoms. The maximum atomic E-state index is 12.7. The summed E-state index contributed by atoms with van der Waals surface area (Å²) in [5, 5.41) is 7.05. The number of piperidine rings is 1. The van der Waals surface area contributed by atoms with Gasteiger partial charge in [0.25, 0.3) is 5.91 Å². The quantitative estimate of drug-likeness (QED) is 0.791. The number of carbonyl (C=O) groups is 2. The summed E-state index contributed by atoms with van der Waals surface area (Å²) in [4.78, 5) is 26.4. The van der Waals surface area contributed by atoms with E-state index < -0.39 is 0 Å². The molecule has 1 aliphatic rings. The van der Waals surface area contributed by atoms with Crippen molar-refractivity contribution in [3.05, 3.63) is 40.5 Å². The smallest absolute Gasteiger partial charge is 0.310 e. The number of amides is 1. The highest BCUT2D eigenvalue weighted by molar-refractivity contribution is 9.10. The Morgan fingerprint density at radius 1 is 1.36 bits per heavy atom. The number of rotatable bonds is 4. The molecule has 1 aromatic heterocycles. The highest BCUT2D eigenvalue weighted by Gasteiger charge is 2.30. The highest BCUT2D eigenvalue weighted by atomic mass is 79.9. The van der Waals surface area contributed by atoms with Crippen LogP contribution in [0.5, 0.6) is 0 Å². The maximum Gasteiger partial charge on any atom is 0.310 e. The van der Waals surface area contributed by atoms with Crippen molar-refractivity contribution in [2.24, 2.45) is 5.92 Å². The van der Waals surface area contributed by atoms with Crippen LogP contribution in [-0.4, -0.2) is 46.7 Å². The number of hydrogen-bond donors (Lipinski definition) is 1. The Morgan fingerprint density at radius 3 is 2.84 bits per heavy atom. The monoisotopic (exact) mass is 405 g/mol. The van der Waals surface area contributed by atoms with Gasteiger partial charge in [-0.25, -0.2) is 0 Å². The zero-order chi connectivity index (χ0) is 17.8. The van der Waals surface area contributed by atoms with Gasteiger partial charge in [-0.05, 0) is 38.0 Å². The number of likely N-dealkylation sites (tertiary alicyclic amines) is 1. The number of hydrogen-bond acceptors (Lipinski definition) is 4. The predicted molar refractivity (Wildman–Crippen MR) is 97.0 cm³/mol. The number of H-pyrrole nitrogens is 1. The van der Waals surface area contributed by atoms with Crippen molar-refractivity contribution in [1.29, 1.82) is 0 Å². The third-order valence-corrected chi connectivity index (χ3v) is 4.81. The molecule has 3 rings (SSSR count). The molecule has 0 saturated carbocycles. The van der Waals surface area contributed by atoms with Crippen LogP contribution in [0.4, 0.5) is 0 Å². The molecule has 7 heteroatoms. The lowest BCUT2D eigenvalue weighted by molar-refractivity contribution is -0.149. The number of halogens is 1. The van der Waals surface area contributed by atoms with Gasteiger partial charge in [0.15, 0.2) is 0 Å². The molecule has 1 N–H and O–H groups in total. The fourth-order valence-electron chi connectivity index (χ4n) is 2.98. The summed E-state index contributed by atoms with van der Waals surface area (Å²) in [5.74, 6) is -0.600. The van der Waals surface area contributed by atoms with Gasteiger partial charge in [0.05, 0.1) is 18.2 Å². The predicted octanol–water partition coefficient (Wildman–Crippen LogP) is 3.25. The van der Waals surface area contributed by atoms with E-state index in [-0.39, 0.29) is 17.8 Å². The van der Waals surface area contributed by atoms with Gasteiger partial charge in [-0.3, -0.25) is 14.7 Å². The van der Waals surface area contributed by atoms with E-state index in [0.717, 1.165) is 28.6 Å². The van der Waals surface area contributed by atoms with Gasteiger partial charge in [-0.1, -0.05) is 28.1 Å². The molecule has 132 valence electrons. The summed E-state index contributed by atoms with van der Waals surface area (Å²) in [6.07, 6.45) is 1.55. The molecule has 0 bridgehead atoms. The van der Waals surface area contributed by atoms with Crippen molar-refractivity contribution in [2.75, 3.05) is 19.7 Å². The number of ether oxygens (including phenoxy) is 1. The lowest BCUT2D eigenvalue weighted by Gasteiger charge is -2.31. The number of nitrogens with one attached hydrogen (secondary N) is 1. The van der Waals surface area contributed by atoms with Crippen LogP contribution in [0, 0.1) is 5.92 Å². The molecule has 0 aliphatic carbocycles. The lowest BCUT2D eigenvalue weighted by atomic mass is 9.98. The number of carbonyl (C=O) groups excluding carboxylic acids is 2. The summed E-state index contributed by atoms with van der Waals surface area (Å²) in [7, 11) is 0. The van der Waals surface area contributed by atoms with E-state index >= 15 is 0 Å². The maximum absolute atomic E-state index is 12.7. The van der Waals surface area contributed by atoms with Crippen LogP contribution in [0.2, 0.25) is 0 Å². The fourth-order valence-corrected chi connectivity index (χ4v) is 3.25. The van der Waals surface area contributed by atoms with Crippen molar-refractivity contribution in [3.63, 3.8) is 0 Å². The Kier molecular flexibility index (Phi) is 5.53. The van der Waals surface area contributed by atoms with Crippen LogP contribution in [0.1, 0.15) is 30.3 Å². The Morgan fingerprint density at radius 2 is 2.12 bits per heavy atom. The lowest BCUT2D eigenvalue weighted by Crippen LogP contribution is -2.43. The first-order chi connectivity index (χ1) is 12.1. The highest BCUT2D eigenvalue weighted by Crippen LogP contribution is 2.23. The SMILES string of the molecule is CCOC(=O)[C@@H]1CCCN(C(=O)c2cc(-c3ccc(Br)cc3)n[nH]2)C1. The first-order valence-corrected chi connectivity index (χ1v) is 9.15. The molecule has 2 heterocycles. The van der Waals surface area contributed by atoms with Gasteiger partial charge < -0.3 is 9.64 Å². The van der Waals surface area contributed by atoms with Gasteiger partial charge in [-0.15, -0.1) is 0 Å². The fraction of sp³-hybridized carbons (Fsp3) is 0.389. The normalized spacial score (nSPS) is 17.4. The van der Waals surface area contributed by atoms with Gasteiger partial charge in [0.1, 0.15) is 5.69 Å². The van der Waals surface area contributed by atoms with Crippen LogP contribution >= 0.6 is 15.9 Å². The zero-order valence-electron chi connectivity index (χ0n) is 14.0. The molecule has 2 aromatic rings. The summed E-state index contributed by atoms with van der Waals surface area (Å²) in [6, 6.07) is 9.48. The molecule has 0 radical (unpaired) electrons. The molecule has 1 aromatic carbocycles. The molecule has 1 fully saturated rings. The zero-order valence-corrected chi connectivity index (χ0v) is 15.6. The van der Waals surface area contributed by atoms with Gasteiger partial charge in [-0.2, -0.15) is 5.10 Å². The van der Waals surface area contributed by atoms with Crippen molar-refractivity contribution < 1.29 is 14.3 Å². The summed E-state index contributed by atoms with van der Waals surface area (Å²) >= 11 is 3.40. The van der Waals surface area contributed by atoms with Gasteiger partial charge in [0.2, 0.25) is 0 Å². The number of benzene rings is 1. The Balaban J connectivity index is 1.70. The van der Waals surface area contributed by atoms with E-state index in [1.54, 1.807) is 17.9 Å². The van der Waals surface area contributed by atoms with Crippen LogP contribution in [0.25, 0.3) is 11.3 Å². The summed E-state index contributed by atoms with van der Waals surface area (Å²) in [6.45, 7) is 3.18. The van der Waals surface area contributed by atoms with Crippen LogP contribution in [-0.2, 0) is 9.53 Å². The number of nitrogens with zero attached hydrogens (tertiary/aromatic N) is 2. The van der Waals surface area contributed by atoms with E-state index in [1.807, 2.05) is 24.3 Å². The second kappa shape index (κ2) is 7.82. The first-order valence-electron chi connectivity index (χ1n) is 8.35. The van der Waals surface area contributed by atoms with Gasteiger partial charge in [0, 0.05) is 23.1 Å². The van der Waals surface area contributed by atoms with E-state index in [2.05, 4.69) is 26.1 Å². The standard InChI is InChI=1S/C18H20BrN3O3/c1-2-25-18(24)13-4-3-9-22(11-13)17(23)16-10-15(20-21-16)12-5-7-14(19)8-6-12/h5-8,10,13H,2-4,9,11H2,1H3,(H,20,21)/t13-/m1/s1. The van der Waals surface area contributed by atoms with Crippen molar-refractivity contribution in [1.82, 2.24) is 15.1 Å². The molecule has 0 spiro atoms. The molecule has 0 unspecified atom stereocenters. The molecule has 1 amide bonds. The van der Waals surface area contributed by atoms with Gasteiger partial charge >= 0.3 is 5.97 Å². The second-order valence-corrected chi connectivity index (χ2v) is 6.93. The topological polar surface area (TPSA) is 75.3 Å². The first kappa shape index (κ1) is 17.7. The molecular weight excluding hydrogens is 386 g/mol. The van der Waals surface area contributed by atoms with E-state index in [0.29, 0.717) is 25.4 Å². The van der Waals surface area contributed by atoms with Crippen LogP contribution in [0.3, 0.4) is 0 Å². The third-order valence-electron chi connectivity index (χ3n) is 4.28. The Hall–Kier alpha value is -2.15. The summed E-state index contributed by atoms with van der Waals surface area (Å²) < 4.78 is 6.07. The molecule has 1 atom stereocenters. The van der Waals surface area contributed by atoms with Crippen LogP contribution < -0.4 is 0 Å². The number of esters is 1. The molecular formula is C18H20BrN3O3. The summed E-state index contributed by atoms with van der Waals surface area (Å²) in [5.41, 5.74) is 2.08. The van der Waals surface area contributed by atoms with E-state index in [9.17, 15) is 9.59 Å². The number of aromatic amines is 1. The van der Waals surface area contributed by atoms with E-state index in [1.165, 1.54) is 0 Å². The minimum absolute atomic E-state index is 0.134. The minimum Gasteiger partial charge on any atom is -0.466 e. The molecule has 1 aliphatic heterocycles. The Labute approximate surface area is 154 Å². The van der Waals surface area contributed by atoms with Crippen molar-refractivity contribution >= 4 is 27.8 Å². The average molecular weight is 406 g/mol. The second-order valence-electron chi connectivity index (χ2n) is 6.02. The largest absolute Gasteiger partial charge is 0.466 e.